The molecule has 1 heterocycles. The van der Waals surface area contributed by atoms with E-state index in [4.69, 9.17) is 5.11 Å². The first-order valence-corrected chi connectivity index (χ1v) is 6.20. The van der Waals surface area contributed by atoms with Crippen molar-refractivity contribution in [1.29, 1.82) is 0 Å². The van der Waals surface area contributed by atoms with Gasteiger partial charge in [0, 0.05) is 11.9 Å². The Bertz CT molecular complexity index is 636. The van der Waals surface area contributed by atoms with Crippen LogP contribution in [0.4, 0.5) is 5.69 Å². The molecule has 1 aromatic carbocycles. The highest BCUT2D eigenvalue weighted by atomic mass is 16.4. The van der Waals surface area contributed by atoms with Gasteiger partial charge >= 0.3 is 5.97 Å². The second-order valence-corrected chi connectivity index (χ2v) is 4.20. The molecule has 0 aliphatic carbocycles. The van der Waals surface area contributed by atoms with E-state index in [2.05, 4.69) is 10.3 Å². The Morgan fingerprint density at radius 3 is 2.55 bits per heavy atom. The number of carboxylic acid groups (broad SMARTS) is 1. The number of carboxylic acids is 1. The zero-order chi connectivity index (χ0) is 14.5. The van der Waals surface area contributed by atoms with Crippen molar-refractivity contribution in [3.05, 3.63) is 59.4 Å². The van der Waals surface area contributed by atoms with Crippen LogP contribution in [0.1, 0.15) is 33.3 Å². The molecule has 0 atom stereocenters. The number of aromatic carboxylic acids is 1. The zero-order valence-corrected chi connectivity index (χ0v) is 11.0. The van der Waals surface area contributed by atoms with E-state index in [-0.39, 0.29) is 17.2 Å². The second-order valence-electron chi connectivity index (χ2n) is 4.20. The number of rotatable bonds is 4. The van der Waals surface area contributed by atoms with Gasteiger partial charge in [-0.1, -0.05) is 25.1 Å². The van der Waals surface area contributed by atoms with Crippen molar-refractivity contribution >= 4 is 17.6 Å². The van der Waals surface area contributed by atoms with Gasteiger partial charge in [-0.25, -0.2) is 4.79 Å². The molecule has 2 N–H and O–H groups in total. The minimum absolute atomic E-state index is 0.0514. The molecule has 0 aliphatic heterocycles. The van der Waals surface area contributed by atoms with E-state index < -0.39 is 5.97 Å². The maximum absolute atomic E-state index is 12.0. The number of benzene rings is 1. The Balaban J connectivity index is 2.17. The number of hydrogen-bond donors (Lipinski definition) is 2. The number of nitrogens with zero attached hydrogens (tertiary/aromatic N) is 1. The van der Waals surface area contributed by atoms with Gasteiger partial charge in [0.2, 0.25) is 0 Å². The van der Waals surface area contributed by atoms with Crippen LogP contribution >= 0.6 is 0 Å². The molecule has 20 heavy (non-hydrogen) atoms. The number of carbonyl (C=O) groups excluding carboxylic acids is 1. The van der Waals surface area contributed by atoms with E-state index >= 15 is 0 Å². The monoisotopic (exact) mass is 270 g/mol. The molecular weight excluding hydrogens is 256 g/mol. The number of anilines is 1. The SMILES string of the molecule is CCc1ccccc1NC(=O)c1ccc(C(=O)O)cn1. The Kier molecular flexibility index (Phi) is 4.10. The molecule has 0 saturated heterocycles. The normalized spacial score (nSPS) is 10.1. The number of nitrogens with one attached hydrogen (secondary N) is 1. The maximum Gasteiger partial charge on any atom is 0.337 e. The van der Waals surface area contributed by atoms with E-state index in [9.17, 15) is 9.59 Å². The minimum atomic E-state index is -1.07. The number of amides is 1. The van der Waals surface area contributed by atoms with E-state index in [1.54, 1.807) is 0 Å². The molecule has 0 unspecified atom stereocenters. The van der Waals surface area contributed by atoms with Crippen LogP contribution in [0.5, 0.6) is 0 Å². The van der Waals surface area contributed by atoms with Crippen LogP contribution in [0.2, 0.25) is 0 Å². The third kappa shape index (κ3) is 3.00. The van der Waals surface area contributed by atoms with Crippen LogP contribution in [-0.2, 0) is 6.42 Å². The van der Waals surface area contributed by atoms with Crippen LogP contribution in [0.3, 0.4) is 0 Å². The molecule has 0 radical (unpaired) electrons. The van der Waals surface area contributed by atoms with Crippen molar-refractivity contribution in [1.82, 2.24) is 4.98 Å². The Morgan fingerprint density at radius 1 is 1.20 bits per heavy atom. The molecule has 0 saturated carbocycles. The van der Waals surface area contributed by atoms with Crippen molar-refractivity contribution in [2.75, 3.05) is 5.32 Å². The lowest BCUT2D eigenvalue weighted by Crippen LogP contribution is -2.15. The van der Waals surface area contributed by atoms with E-state index in [1.807, 2.05) is 31.2 Å². The molecule has 5 heteroatoms. The highest BCUT2D eigenvalue weighted by Gasteiger charge is 2.11. The molecule has 0 bridgehead atoms. The number of pyridine rings is 1. The lowest BCUT2D eigenvalue weighted by atomic mass is 10.1. The molecule has 0 fully saturated rings. The summed E-state index contributed by atoms with van der Waals surface area (Å²) >= 11 is 0. The number of aromatic nitrogens is 1. The number of para-hydroxylation sites is 1. The summed E-state index contributed by atoms with van der Waals surface area (Å²) in [7, 11) is 0. The van der Waals surface area contributed by atoms with Crippen molar-refractivity contribution < 1.29 is 14.7 Å². The molecule has 1 amide bonds. The average Bonchev–Trinajstić information content (AvgIpc) is 2.48. The number of hydrogen-bond acceptors (Lipinski definition) is 3. The Labute approximate surface area is 116 Å². The molecule has 5 nitrogen and oxygen atoms in total. The lowest BCUT2D eigenvalue weighted by molar-refractivity contribution is 0.0696. The fraction of sp³-hybridized carbons (Fsp3) is 0.133. The van der Waals surface area contributed by atoms with Crippen LogP contribution in [0, 0.1) is 0 Å². The standard InChI is InChI=1S/C15H14N2O3/c1-2-10-5-3-4-6-12(10)17-14(18)13-8-7-11(9-16-13)15(19)20/h3-9H,2H2,1H3,(H,17,18)(H,19,20). The van der Waals surface area contributed by atoms with Crippen molar-refractivity contribution in [2.24, 2.45) is 0 Å². The quantitative estimate of drug-likeness (QED) is 0.895. The summed E-state index contributed by atoms with van der Waals surface area (Å²) in [5.74, 6) is -1.43. The largest absolute Gasteiger partial charge is 0.478 e. The summed E-state index contributed by atoms with van der Waals surface area (Å²) in [5, 5.41) is 11.6. The molecule has 0 spiro atoms. The Morgan fingerprint density at radius 2 is 1.95 bits per heavy atom. The van der Waals surface area contributed by atoms with Crippen molar-refractivity contribution in [3.8, 4) is 0 Å². The van der Waals surface area contributed by atoms with Gasteiger partial charge in [0.25, 0.3) is 5.91 Å². The predicted molar refractivity (Wildman–Crippen MR) is 75.0 cm³/mol. The first-order valence-electron chi connectivity index (χ1n) is 6.20. The molecule has 1 aromatic heterocycles. The number of carbonyl (C=O) groups is 2. The smallest absolute Gasteiger partial charge is 0.337 e. The topological polar surface area (TPSA) is 79.3 Å². The van der Waals surface area contributed by atoms with E-state index in [0.29, 0.717) is 0 Å². The first-order chi connectivity index (χ1) is 9.61. The van der Waals surface area contributed by atoms with E-state index in [0.717, 1.165) is 17.7 Å². The molecule has 102 valence electrons. The van der Waals surface area contributed by atoms with Gasteiger partial charge < -0.3 is 10.4 Å². The van der Waals surface area contributed by atoms with Gasteiger partial charge in [-0.3, -0.25) is 9.78 Å². The van der Waals surface area contributed by atoms with Crippen LogP contribution in [0.15, 0.2) is 42.6 Å². The average molecular weight is 270 g/mol. The third-order valence-corrected chi connectivity index (χ3v) is 2.89. The summed E-state index contributed by atoms with van der Waals surface area (Å²) in [6.07, 6.45) is 1.98. The van der Waals surface area contributed by atoms with Gasteiger partial charge in [-0.15, -0.1) is 0 Å². The lowest BCUT2D eigenvalue weighted by Gasteiger charge is -2.09. The van der Waals surface area contributed by atoms with Gasteiger partial charge in [0.15, 0.2) is 0 Å². The maximum atomic E-state index is 12.0. The fourth-order valence-electron chi connectivity index (χ4n) is 1.79. The molecule has 0 aliphatic rings. The Hall–Kier alpha value is -2.69. The van der Waals surface area contributed by atoms with Crippen LogP contribution in [-0.4, -0.2) is 22.0 Å². The highest BCUT2D eigenvalue weighted by Crippen LogP contribution is 2.16. The fourth-order valence-corrected chi connectivity index (χ4v) is 1.79. The van der Waals surface area contributed by atoms with Gasteiger partial charge in [-0.2, -0.15) is 0 Å². The van der Waals surface area contributed by atoms with Crippen molar-refractivity contribution in [2.45, 2.75) is 13.3 Å². The summed E-state index contributed by atoms with van der Waals surface area (Å²) in [6.45, 7) is 2.00. The third-order valence-electron chi connectivity index (χ3n) is 2.89. The first kappa shape index (κ1) is 13.7. The second kappa shape index (κ2) is 5.97. The molecule has 2 rings (SSSR count). The zero-order valence-electron chi connectivity index (χ0n) is 11.0. The molecular formula is C15H14N2O3. The predicted octanol–water partition coefficient (Wildman–Crippen LogP) is 2.59. The van der Waals surface area contributed by atoms with Crippen LogP contribution < -0.4 is 5.32 Å². The summed E-state index contributed by atoms with van der Waals surface area (Å²) in [6, 6.07) is 10.3. The molecule has 2 aromatic rings. The number of aryl methyl sites for hydroxylation is 1. The van der Waals surface area contributed by atoms with Gasteiger partial charge in [0.05, 0.1) is 5.56 Å². The summed E-state index contributed by atoms with van der Waals surface area (Å²) in [5.41, 5.74) is 2.00. The van der Waals surface area contributed by atoms with Crippen LogP contribution in [0.25, 0.3) is 0 Å². The van der Waals surface area contributed by atoms with Gasteiger partial charge in [-0.05, 0) is 30.2 Å². The highest BCUT2D eigenvalue weighted by molar-refractivity contribution is 6.03. The van der Waals surface area contributed by atoms with Crippen molar-refractivity contribution in [3.63, 3.8) is 0 Å². The summed E-state index contributed by atoms with van der Waals surface area (Å²) in [4.78, 5) is 26.6. The van der Waals surface area contributed by atoms with E-state index in [1.165, 1.54) is 18.3 Å². The van der Waals surface area contributed by atoms with Gasteiger partial charge in [0.1, 0.15) is 5.69 Å². The minimum Gasteiger partial charge on any atom is -0.478 e. The summed E-state index contributed by atoms with van der Waals surface area (Å²) < 4.78 is 0.